The van der Waals surface area contributed by atoms with Gasteiger partial charge in [0.25, 0.3) is 0 Å². The standard InChI is InChI=1S/C19H30N6O/c1-4-14-9-10-16(15(5-2)13-14)24(3)19(26)23-17(20)22-18(21)25-11-7-6-8-12-25/h9-10,13H,4-8,11-12H2,1-3H3,(H4,20,21,22,23,26). The highest BCUT2D eigenvalue weighted by atomic mass is 16.2. The van der Waals surface area contributed by atoms with Crippen LogP contribution in [-0.4, -0.2) is 43.0 Å². The minimum Gasteiger partial charge on any atom is -0.369 e. The van der Waals surface area contributed by atoms with Gasteiger partial charge in [-0.05, 0) is 49.3 Å². The monoisotopic (exact) mass is 358 g/mol. The molecule has 0 saturated carbocycles. The van der Waals surface area contributed by atoms with Gasteiger partial charge in [-0.25, -0.2) is 4.79 Å². The summed E-state index contributed by atoms with van der Waals surface area (Å²) in [5, 5.41) is 10.6. The lowest BCUT2D eigenvalue weighted by Crippen LogP contribution is -2.46. The molecule has 1 aromatic rings. The first-order valence-electron chi connectivity index (χ1n) is 9.30. The predicted octanol–water partition coefficient (Wildman–Crippen LogP) is 2.69. The third-order valence-electron chi connectivity index (χ3n) is 4.72. The highest BCUT2D eigenvalue weighted by Gasteiger charge is 2.17. The summed E-state index contributed by atoms with van der Waals surface area (Å²) in [5.74, 6) is 0.0485. The van der Waals surface area contributed by atoms with Crippen molar-refractivity contribution >= 4 is 23.6 Å². The number of piperidine rings is 1. The van der Waals surface area contributed by atoms with Crippen molar-refractivity contribution in [2.75, 3.05) is 25.0 Å². The summed E-state index contributed by atoms with van der Waals surface area (Å²) < 4.78 is 0. The van der Waals surface area contributed by atoms with Crippen LogP contribution in [0.15, 0.2) is 23.2 Å². The van der Waals surface area contributed by atoms with E-state index in [-0.39, 0.29) is 18.0 Å². The van der Waals surface area contributed by atoms with Crippen LogP contribution in [0.5, 0.6) is 0 Å². The number of aryl methyl sites for hydroxylation is 2. The summed E-state index contributed by atoms with van der Waals surface area (Å²) in [6, 6.07) is 5.75. The van der Waals surface area contributed by atoms with Gasteiger partial charge in [0.05, 0.1) is 0 Å². The smallest absolute Gasteiger partial charge is 0.328 e. The van der Waals surface area contributed by atoms with Gasteiger partial charge in [-0.15, -0.1) is 0 Å². The number of nitrogens with one attached hydrogen (secondary N) is 2. The van der Waals surface area contributed by atoms with Crippen molar-refractivity contribution in [3.8, 4) is 0 Å². The molecule has 0 bridgehead atoms. The average molecular weight is 358 g/mol. The number of benzene rings is 1. The molecular weight excluding hydrogens is 328 g/mol. The zero-order valence-electron chi connectivity index (χ0n) is 16.0. The summed E-state index contributed by atoms with van der Waals surface area (Å²) in [6.45, 7) is 5.80. The number of amides is 2. The lowest BCUT2D eigenvalue weighted by molar-refractivity contribution is 0.251. The predicted molar refractivity (Wildman–Crippen MR) is 107 cm³/mol. The molecule has 0 aliphatic carbocycles. The summed E-state index contributed by atoms with van der Waals surface area (Å²) in [7, 11) is 1.71. The van der Waals surface area contributed by atoms with E-state index < -0.39 is 0 Å². The topological polar surface area (TPSA) is 97.8 Å². The minimum atomic E-state index is -0.364. The maximum absolute atomic E-state index is 12.5. The number of rotatable bonds is 3. The second-order valence-corrected chi connectivity index (χ2v) is 6.53. The van der Waals surface area contributed by atoms with Crippen LogP contribution in [0.3, 0.4) is 0 Å². The van der Waals surface area contributed by atoms with Gasteiger partial charge in [0.2, 0.25) is 11.9 Å². The van der Waals surface area contributed by atoms with Gasteiger partial charge in [0.15, 0.2) is 0 Å². The number of anilines is 1. The van der Waals surface area contributed by atoms with E-state index in [2.05, 4.69) is 30.2 Å². The molecule has 7 heteroatoms. The summed E-state index contributed by atoms with van der Waals surface area (Å²) in [4.78, 5) is 19.9. The Bertz CT molecular complexity index is 679. The lowest BCUT2D eigenvalue weighted by atomic mass is 10.0. The van der Waals surface area contributed by atoms with Crippen molar-refractivity contribution in [3.05, 3.63) is 29.3 Å². The van der Waals surface area contributed by atoms with E-state index in [0.717, 1.165) is 50.0 Å². The second kappa shape index (κ2) is 9.22. The molecule has 0 unspecified atom stereocenters. The van der Waals surface area contributed by atoms with Crippen molar-refractivity contribution in [2.45, 2.75) is 46.0 Å². The van der Waals surface area contributed by atoms with Crippen LogP contribution in [0, 0.1) is 5.41 Å². The third kappa shape index (κ3) is 4.97. The minimum absolute atomic E-state index is 0.0550. The molecule has 0 spiro atoms. The first-order valence-corrected chi connectivity index (χ1v) is 9.30. The molecule has 1 fully saturated rings. The number of likely N-dealkylation sites (tertiary alicyclic amines) is 1. The molecule has 1 aromatic carbocycles. The van der Waals surface area contributed by atoms with Gasteiger partial charge in [0, 0.05) is 25.8 Å². The van der Waals surface area contributed by atoms with Gasteiger partial charge in [0.1, 0.15) is 0 Å². The van der Waals surface area contributed by atoms with Crippen molar-refractivity contribution < 1.29 is 4.79 Å². The van der Waals surface area contributed by atoms with Crippen LogP contribution in [0.25, 0.3) is 0 Å². The first-order chi connectivity index (χ1) is 12.5. The van der Waals surface area contributed by atoms with E-state index in [4.69, 9.17) is 11.1 Å². The number of hydrogen-bond donors (Lipinski definition) is 3. The molecule has 7 nitrogen and oxygen atoms in total. The van der Waals surface area contributed by atoms with E-state index >= 15 is 0 Å². The Kier molecular flexibility index (Phi) is 7.00. The molecule has 1 saturated heterocycles. The summed E-state index contributed by atoms with van der Waals surface area (Å²) in [6.07, 6.45) is 5.09. The zero-order chi connectivity index (χ0) is 19.1. The molecule has 2 rings (SSSR count). The van der Waals surface area contributed by atoms with Crippen LogP contribution in [0.4, 0.5) is 10.5 Å². The molecule has 0 radical (unpaired) electrons. The van der Waals surface area contributed by atoms with Gasteiger partial charge in [-0.2, -0.15) is 4.99 Å². The fraction of sp³-hybridized carbons (Fsp3) is 0.526. The Morgan fingerprint density at radius 2 is 1.96 bits per heavy atom. The fourth-order valence-corrected chi connectivity index (χ4v) is 3.09. The van der Waals surface area contributed by atoms with Crippen LogP contribution in [0.1, 0.15) is 44.2 Å². The number of hydrogen-bond acceptors (Lipinski definition) is 2. The maximum atomic E-state index is 12.5. The third-order valence-corrected chi connectivity index (χ3v) is 4.72. The Labute approximate surface area is 155 Å². The summed E-state index contributed by atoms with van der Waals surface area (Å²) in [5.41, 5.74) is 9.04. The lowest BCUT2D eigenvalue weighted by Gasteiger charge is -2.26. The van der Waals surface area contributed by atoms with Crippen molar-refractivity contribution in [2.24, 2.45) is 10.7 Å². The van der Waals surface area contributed by atoms with Crippen LogP contribution in [0.2, 0.25) is 0 Å². The molecule has 2 amide bonds. The van der Waals surface area contributed by atoms with Crippen molar-refractivity contribution in [3.63, 3.8) is 0 Å². The van der Waals surface area contributed by atoms with Crippen LogP contribution in [-0.2, 0) is 12.8 Å². The van der Waals surface area contributed by atoms with E-state index in [1.807, 2.05) is 17.0 Å². The first kappa shape index (κ1) is 19.8. The number of nitrogens with zero attached hydrogens (tertiary/aromatic N) is 3. The Morgan fingerprint density at radius 3 is 2.58 bits per heavy atom. The number of nitrogens with two attached hydrogens (primary N) is 1. The SMILES string of the molecule is CCc1ccc(N(C)C(=O)N/C(N)=N/C(=N)N2CCCCC2)c(CC)c1. The van der Waals surface area contributed by atoms with Gasteiger partial charge < -0.3 is 10.6 Å². The number of carbonyl (C=O) groups is 1. The molecule has 26 heavy (non-hydrogen) atoms. The van der Waals surface area contributed by atoms with Crippen molar-refractivity contribution in [1.29, 1.82) is 5.41 Å². The van der Waals surface area contributed by atoms with Gasteiger partial charge in [-0.3, -0.25) is 15.6 Å². The number of guanidine groups is 2. The van der Waals surface area contributed by atoms with Crippen LogP contribution >= 0.6 is 0 Å². The van der Waals surface area contributed by atoms with Gasteiger partial charge >= 0.3 is 6.03 Å². The Balaban J connectivity index is 2.04. The molecule has 0 aromatic heterocycles. The Hall–Kier alpha value is -2.57. The largest absolute Gasteiger partial charge is 0.369 e. The normalized spacial score (nSPS) is 14.9. The fourth-order valence-electron chi connectivity index (χ4n) is 3.09. The highest BCUT2D eigenvalue weighted by molar-refractivity contribution is 6.06. The number of aliphatic imine (C=N–C) groups is 1. The maximum Gasteiger partial charge on any atom is 0.328 e. The van der Waals surface area contributed by atoms with Crippen LogP contribution < -0.4 is 16.0 Å². The Morgan fingerprint density at radius 1 is 1.27 bits per heavy atom. The van der Waals surface area contributed by atoms with Gasteiger partial charge in [-0.1, -0.05) is 26.0 Å². The molecule has 142 valence electrons. The second-order valence-electron chi connectivity index (χ2n) is 6.53. The molecule has 1 aliphatic rings. The molecule has 4 N–H and O–H groups in total. The zero-order valence-corrected chi connectivity index (χ0v) is 16.0. The van der Waals surface area contributed by atoms with E-state index in [0.29, 0.717) is 0 Å². The molecule has 1 heterocycles. The number of urea groups is 1. The average Bonchev–Trinajstić information content (AvgIpc) is 2.67. The summed E-state index contributed by atoms with van der Waals surface area (Å²) >= 11 is 0. The van der Waals surface area contributed by atoms with E-state index in [9.17, 15) is 4.79 Å². The number of carbonyl (C=O) groups excluding carboxylic acids is 1. The van der Waals surface area contributed by atoms with Crippen molar-refractivity contribution in [1.82, 2.24) is 10.2 Å². The molecule has 1 aliphatic heterocycles. The quantitative estimate of drug-likeness (QED) is 0.572. The van der Waals surface area contributed by atoms with E-state index in [1.165, 1.54) is 16.9 Å². The highest BCUT2D eigenvalue weighted by Crippen LogP contribution is 2.22. The molecular formula is C19H30N6O. The molecule has 0 atom stereocenters. The van der Waals surface area contributed by atoms with E-state index in [1.54, 1.807) is 7.05 Å².